The lowest BCUT2D eigenvalue weighted by atomic mass is 9.94. The van der Waals surface area contributed by atoms with Crippen molar-refractivity contribution >= 4 is 17.7 Å². The van der Waals surface area contributed by atoms with Crippen LogP contribution in [0.15, 0.2) is 23.1 Å². The zero-order valence-corrected chi connectivity index (χ0v) is 8.96. The van der Waals surface area contributed by atoms with Crippen molar-refractivity contribution in [3.05, 3.63) is 23.8 Å². The molecule has 1 unspecified atom stereocenters. The third kappa shape index (κ3) is 2.09. The van der Waals surface area contributed by atoms with Crippen molar-refractivity contribution in [2.75, 3.05) is 5.75 Å². The smallest absolute Gasteiger partial charge is 0.311 e. The van der Waals surface area contributed by atoms with Gasteiger partial charge in [-0.2, -0.15) is 0 Å². The summed E-state index contributed by atoms with van der Waals surface area (Å²) >= 11 is 1.66. The van der Waals surface area contributed by atoms with Crippen molar-refractivity contribution in [3.8, 4) is 5.75 Å². The summed E-state index contributed by atoms with van der Waals surface area (Å²) in [5, 5.41) is 18.5. The molecule has 15 heavy (non-hydrogen) atoms. The number of phenolic OH excluding ortho intramolecular Hbond substituents is 1. The predicted octanol–water partition coefficient (Wildman–Crippen LogP) is 2.45. The van der Waals surface area contributed by atoms with Crippen LogP contribution in [0.5, 0.6) is 5.75 Å². The number of aromatic hydroxyl groups is 1. The Labute approximate surface area is 92.1 Å². The van der Waals surface area contributed by atoms with Crippen LogP contribution in [-0.2, 0) is 4.79 Å². The van der Waals surface area contributed by atoms with Crippen LogP contribution in [0.4, 0.5) is 0 Å². The number of carboxylic acid groups (broad SMARTS) is 1. The van der Waals surface area contributed by atoms with Crippen LogP contribution >= 0.6 is 11.8 Å². The van der Waals surface area contributed by atoms with E-state index < -0.39 is 11.9 Å². The lowest BCUT2D eigenvalue weighted by molar-refractivity contribution is -0.139. The maximum atomic E-state index is 11.1. The topological polar surface area (TPSA) is 57.5 Å². The highest BCUT2D eigenvalue weighted by Crippen LogP contribution is 2.37. The van der Waals surface area contributed by atoms with Crippen LogP contribution in [0.3, 0.4) is 0 Å². The molecule has 0 radical (unpaired) electrons. The molecule has 1 aliphatic heterocycles. The van der Waals surface area contributed by atoms with Gasteiger partial charge in [0.1, 0.15) is 5.75 Å². The molecule has 3 nitrogen and oxygen atoms in total. The Morgan fingerprint density at radius 1 is 1.47 bits per heavy atom. The van der Waals surface area contributed by atoms with Gasteiger partial charge in [0, 0.05) is 4.90 Å². The minimum atomic E-state index is -0.802. The van der Waals surface area contributed by atoms with Crippen LogP contribution in [0, 0.1) is 0 Å². The van der Waals surface area contributed by atoms with Crippen molar-refractivity contribution in [3.63, 3.8) is 0 Å². The molecule has 1 aromatic rings. The predicted molar refractivity (Wildman–Crippen MR) is 58.4 cm³/mol. The molecule has 2 rings (SSSR count). The Balaban J connectivity index is 2.46. The van der Waals surface area contributed by atoms with Crippen molar-refractivity contribution in [2.45, 2.75) is 23.7 Å². The fraction of sp³-hybridized carbons (Fsp3) is 0.364. The second kappa shape index (κ2) is 4.14. The number of rotatable bonds is 1. The monoisotopic (exact) mass is 224 g/mol. The summed E-state index contributed by atoms with van der Waals surface area (Å²) in [5.74, 6) is -0.185. The van der Waals surface area contributed by atoms with E-state index in [2.05, 4.69) is 0 Å². The molecule has 4 heteroatoms. The largest absolute Gasteiger partial charge is 0.508 e. The average molecular weight is 224 g/mol. The highest BCUT2D eigenvalue weighted by atomic mass is 32.2. The van der Waals surface area contributed by atoms with Gasteiger partial charge in [0.2, 0.25) is 0 Å². The maximum Gasteiger partial charge on any atom is 0.311 e. The highest BCUT2D eigenvalue weighted by Gasteiger charge is 2.25. The molecular weight excluding hydrogens is 212 g/mol. The van der Waals surface area contributed by atoms with Gasteiger partial charge in [0.15, 0.2) is 0 Å². The molecule has 0 saturated heterocycles. The van der Waals surface area contributed by atoms with E-state index in [-0.39, 0.29) is 5.75 Å². The molecule has 1 aliphatic rings. The molecule has 2 N–H and O–H groups in total. The molecule has 0 aliphatic carbocycles. The number of benzene rings is 1. The summed E-state index contributed by atoms with van der Waals surface area (Å²) in [6.45, 7) is 0. The summed E-state index contributed by atoms with van der Waals surface area (Å²) < 4.78 is 0. The minimum absolute atomic E-state index is 0.141. The Morgan fingerprint density at radius 3 is 3.00 bits per heavy atom. The average Bonchev–Trinajstić information content (AvgIpc) is 2.39. The quantitative estimate of drug-likeness (QED) is 0.769. The van der Waals surface area contributed by atoms with E-state index in [0.29, 0.717) is 6.42 Å². The van der Waals surface area contributed by atoms with Crippen LogP contribution in [0.2, 0.25) is 0 Å². The fourth-order valence-corrected chi connectivity index (χ4v) is 2.88. The second-order valence-corrected chi connectivity index (χ2v) is 4.74. The van der Waals surface area contributed by atoms with Gasteiger partial charge >= 0.3 is 5.97 Å². The van der Waals surface area contributed by atoms with Crippen LogP contribution in [-0.4, -0.2) is 21.9 Å². The number of phenols is 1. The molecule has 0 aromatic heterocycles. The van der Waals surface area contributed by atoms with Gasteiger partial charge in [0.05, 0.1) is 5.92 Å². The third-order valence-electron chi connectivity index (χ3n) is 2.56. The van der Waals surface area contributed by atoms with E-state index in [1.807, 2.05) is 0 Å². The molecule has 80 valence electrons. The Bertz CT molecular complexity index is 389. The number of hydrogen-bond acceptors (Lipinski definition) is 3. The Kier molecular flexibility index (Phi) is 2.86. The first kappa shape index (κ1) is 10.4. The van der Waals surface area contributed by atoms with Gasteiger partial charge in [-0.1, -0.05) is 0 Å². The van der Waals surface area contributed by atoms with Gasteiger partial charge < -0.3 is 10.2 Å². The maximum absolute atomic E-state index is 11.1. The zero-order chi connectivity index (χ0) is 10.8. The van der Waals surface area contributed by atoms with Crippen LogP contribution in [0.1, 0.15) is 24.3 Å². The summed E-state index contributed by atoms with van der Waals surface area (Å²) in [6.07, 6.45) is 1.55. The standard InChI is InChI=1S/C11H12O3S/c12-7-3-4-10-9(6-7)8(11(13)14)2-1-5-15-10/h3-4,6,8,12H,1-2,5H2,(H,13,14). The van der Waals surface area contributed by atoms with E-state index in [9.17, 15) is 9.90 Å². The van der Waals surface area contributed by atoms with Crippen LogP contribution in [0.25, 0.3) is 0 Å². The molecule has 1 aromatic carbocycles. The zero-order valence-electron chi connectivity index (χ0n) is 8.14. The van der Waals surface area contributed by atoms with Crippen molar-refractivity contribution < 1.29 is 15.0 Å². The number of aliphatic carboxylic acids is 1. The van der Waals surface area contributed by atoms with E-state index in [1.54, 1.807) is 30.0 Å². The van der Waals surface area contributed by atoms with Gasteiger partial charge in [0.25, 0.3) is 0 Å². The number of thioether (sulfide) groups is 1. The summed E-state index contributed by atoms with van der Waals surface area (Å²) in [5.41, 5.74) is 0.755. The third-order valence-corrected chi connectivity index (χ3v) is 3.74. The molecule has 0 bridgehead atoms. The van der Waals surface area contributed by atoms with Gasteiger partial charge in [-0.25, -0.2) is 0 Å². The van der Waals surface area contributed by atoms with E-state index in [4.69, 9.17) is 5.11 Å². The number of hydrogen-bond donors (Lipinski definition) is 2. The Morgan fingerprint density at radius 2 is 2.27 bits per heavy atom. The molecule has 0 saturated carbocycles. The van der Waals surface area contributed by atoms with E-state index in [0.717, 1.165) is 22.6 Å². The highest BCUT2D eigenvalue weighted by molar-refractivity contribution is 7.99. The summed E-state index contributed by atoms with van der Waals surface area (Å²) in [7, 11) is 0. The number of carboxylic acids is 1. The number of fused-ring (bicyclic) bond motifs is 1. The first-order valence-electron chi connectivity index (χ1n) is 4.87. The lowest BCUT2D eigenvalue weighted by Gasteiger charge is -2.12. The first-order valence-corrected chi connectivity index (χ1v) is 5.85. The molecular formula is C11H12O3S. The van der Waals surface area contributed by atoms with E-state index in [1.165, 1.54) is 0 Å². The fourth-order valence-electron chi connectivity index (χ4n) is 1.82. The molecule has 0 spiro atoms. The minimum Gasteiger partial charge on any atom is -0.508 e. The molecule has 1 atom stereocenters. The SMILES string of the molecule is O=C(O)C1CCCSc2ccc(O)cc21. The first-order chi connectivity index (χ1) is 7.18. The van der Waals surface area contributed by atoms with Crippen molar-refractivity contribution in [1.82, 2.24) is 0 Å². The van der Waals surface area contributed by atoms with Gasteiger partial charge in [-0.05, 0) is 42.4 Å². The normalized spacial score (nSPS) is 20.4. The summed E-state index contributed by atoms with van der Waals surface area (Å²) in [6, 6.07) is 4.99. The van der Waals surface area contributed by atoms with Gasteiger partial charge in [-0.15, -0.1) is 11.8 Å². The molecule has 0 amide bonds. The van der Waals surface area contributed by atoms with Crippen molar-refractivity contribution in [1.29, 1.82) is 0 Å². The summed E-state index contributed by atoms with van der Waals surface area (Å²) in [4.78, 5) is 12.1. The lowest BCUT2D eigenvalue weighted by Crippen LogP contribution is -2.11. The number of carbonyl (C=O) groups is 1. The molecule has 0 fully saturated rings. The van der Waals surface area contributed by atoms with Gasteiger partial charge in [-0.3, -0.25) is 4.79 Å². The Hall–Kier alpha value is -1.16. The van der Waals surface area contributed by atoms with Crippen LogP contribution < -0.4 is 0 Å². The molecule has 1 heterocycles. The van der Waals surface area contributed by atoms with E-state index >= 15 is 0 Å². The van der Waals surface area contributed by atoms with Crippen molar-refractivity contribution in [2.24, 2.45) is 0 Å². The second-order valence-electron chi connectivity index (χ2n) is 3.60.